The smallest absolute Gasteiger partial charge is 0.419 e. The zero-order chi connectivity index (χ0) is 20.2. The van der Waals surface area contributed by atoms with Crippen LogP contribution in [-0.4, -0.2) is 30.2 Å². The maximum absolute atomic E-state index is 12.1. The number of nitrogens with zero attached hydrogens (tertiary/aromatic N) is 1. The van der Waals surface area contributed by atoms with Gasteiger partial charge >= 0.3 is 5.76 Å². The van der Waals surface area contributed by atoms with E-state index in [4.69, 9.17) is 25.5 Å². The van der Waals surface area contributed by atoms with Gasteiger partial charge in [-0.05, 0) is 42.7 Å². The molecule has 0 aliphatic carbocycles. The van der Waals surface area contributed by atoms with Gasteiger partial charge in [-0.3, -0.25) is 9.36 Å². The van der Waals surface area contributed by atoms with Crippen LogP contribution in [0.1, 0.15) is 18.4 Å². The molecule has 0 unspecified atom stereocenters. The van der Waals surface area contributed by atoms with Gasteiger partial charge in [0.05, 0.1) is 10.5 Å². The molecule has 8 heteroatoms. The molecule has 1 amide bonds. The maximum Gasteiger partial charge on any atom is 0.419 e. The van der Waals surface area contributed by atoms with Crippen molar-refractivity contribution in [2.75, 3.05) is 19.8 Å². The molecule has 0 saturated heterocycles. The van der Waals surface area contributed by atoms with Crippen molar-refractivity contribution in [2.24, 2.45) is 0 Å². The first-order chi connectivity index (χ1) is 14.1. The number of hydrogen-bond acceptors (Lipinski definition) is 5. The van der Waals surface area contributed by atoms with E-state index in [9.17, 15) is 9.59 Å². The molecule has 0 saturated carbocycles. The van der Waals surface area contributed by atoms with Crippen LogP contribution < -0.4 is 20.5 Å². The third kappa shape index (κ3) is 4.40. The summed E-state index contributed by atoms with van der Waals surface area (Å²) in [5.74, 6) is 0.757. The number of nitrogens with one attached hydrogen (secondary N) is 1. The fourth-order valence-corrected chi connectivity index (χ4v) is 3.65. The number of benzene rings is 2. The lowest BCUT2D eigenvalue weighted by atomic mass is 10.1. The van der Waals surface area contributed by atoms with Gasteiger partial charge in [-0.25, -0.2) is 4.79 Å². The van der Waals surface area contributed by atoms with E-state index in [0.717, 1.165) is 11.1 Å². The molecule has 4 rings (SSSR count). The number of hydrogen-bond donors (Lipinski definition) is 1. The number of carbonyl (C=O) groups is 1. The first-order valence-electron chi connectivity index (χ1n) is 9.55. The highest BCUT2D eigenvalue weighted by Gasteiger charge is 2.16. The summed E-state index contributed by atoms with van der Waals surface area (Å²) in [6.07, 6.45) is 1.51. The lowest BCUT2D eigenvalue weighted by molar-refractivity contribution is -0.121. The molecule has 1 aromatic heterocycles. The topological polar surface area (TPSA) is 82.7 Å². The number of amides is 1. The van der Waals surface area contributed by atoms with Gasteiger partial charge in [0.25, 0.3) is 0 Å². The van der Waals surface area contributed by atoms with E-state index in [2.05, 4.69) is 5.32 Å². The Morgan fingerprint density at radius 3 is 2.90 bits per heavy atom. The zero-order valence-electron chi connectivity index (χ0n) is 15.8. The number of carbonyl (C=O) groups excluding carboxylic acids is 1. The Morgan fingerprint density at radius 2 is 2.00 bits per heavy atom. The summed E-state index contributed by atoms with van der Waals surface area (Å²) >= 11 is 6.23. The van der Waals surface area contributed by atoms with Gasteiger partial charge in [0, 0.05) is 19.5 Å². The Kier molecular flexibility index (Phi) is 5.76. The number of oxazole rings is 1. The normalized spacial score (nSPS) is 12.9. The standard InChI is InChI=1S/C21H21ClN2O5/c22-15-12-14(13-18-20(15)28-11-10-27-18)7-8-23-19(25)6-3-9-24-16-4-1-2-5-17(16)29-21(24)26/h1-2,4-5,12-13H,3,6-11H2,(H,23,25). The van der Waals surface area contributed by atoms with Crippen LogP contribution >= 0.6 is 11.6 Å². The fraction of sp³-hybridized carbons (Fsp3) is 0.333. The number of rotatable bonds is 7. The zero-order valence-corrected chi connectivity index (χ0v) is 16.5. The lowest BCUT2D eigenvalue weighted by Gasteiger charge is -2.20. The number of halogens is 1. The summed E-state index contributed by atoms with van der Waals surface area (Å²) in [5, 5.41) is 3.41. The van der Waals surface area contributed by atoms with Gasteiger partial charge in [-0.2, -0.15) is 0 Å². The van der Waals surface area contributed by atoms with Crippen LogP contribution in [0, 0.1) is 0 Å². The Bertz CT molecular complexity index is 1090. The number of aromatic nitrogens is 1. The Morgan fingerprint density at radius 1 is 1.17 bits per heavy atom. The molecule has 152 valence electrons. The van der Waals surface area contributed by atoms with Crippen LogP contribution in [0.5, 0.6) is 11.5 Å². The predicted octanol–water partition coefficient (Wildman–Crippen LogP) is 3.16. The van der Waals surface area contributed by atoms with Gasteiger partial charge in [0.2, 0.25) is 5.91 Å². The second kappa shape index (κ2) is 8.61. The van der Waals surface area contributed by atoms with Crippen LogP contribution in [-0.2, 0) is 17.8 Å². The lowest BCUT2D eigenvalue weighted by Crippen LogP contribution is -2.26. The van der Waals surface area contributed by atoms with Crippen LogP contribution in [0.2, 0.25) is 5.02 Å². The van der Waals surface area contributed by atoms with E-state index in [0.29, 0.717) is 67.7 Å². The van der Waals surface area contributed by atoms with Crippen molar-refractivity contribution in [1.82, 2.24) is 9.88 Å². The van der Waals surface area contributed by atoms with Crippen LogP contribution in [0.15, 0.2) is 45.6 Å². The van der Waals surface area contributed by atoms with Crippen molar-refractivity contribution in [3.63, 3.8) is 0 Å². The molecule has 2 aromatic carbocycles. The number of para-hydroxylation sites is 2. The van der Waals surface area contributed by atoms with E-state index in [1.807, 2.05) is 30.3 Å². The summed E-state index contributed by atoms with van der Waals surface area (Å²) in [5.41, 5.74) is 2.27. The van der Waals surface area contributed by atoms with Crippen LogP contribution in [0.3, 0.4) is 0 Å². The van der Waals surface area contributed by atoms with Crippen molar-refractivity contribution >= 4 is 28.6 Å². The molecule has 1 aliphatic rings. The molecule has 1 aliphatic heterocycles. The van der Waals surface area contributed by atoms with Gasteiger partial charge in [0.1, 0.15) is 13.2 Å². The molecule has 0 bridgehead atoms. The minimum absolute atomic E-state index is 0.0607. The fourth-order valence-electron chi connectivity index (χ4n) is 3.37. The van der Waals surface area contributed by atoms with E-state index in [1.165, 1.54) is 0 Å². The summed E-state index contributed by atoms with van der Waals surface area (Å²) in [6.45, 7) is 1.91. The van der Waals surface area contributed by atoms with Gasteiger partial charge in [-0.1, -0.05) is 23.7 Å². The van der Waals surface area contributed by atoms with Crippen molar-refractivity contribution in [1.29, 1.82) is 0 Å². The monoisotopic (exact) mass is 416 g/mol. The predicted molar refractivity (Wildman–Crippen MR) is 109 cm³/mol. The summed E-state index contributed by atoms with van der Waals surface area (Å²) in [4.78, 5) is 24.1. The van der Waals surface area contributed by atoms with Crippen molar-refractivity contribution in [3.05, 3.63) is 57.5 Å². The number of fused-ring (bicyclic) bond motifs is 2. The van der Waals surface area contributed by atoms with E-state index in [1.54, 1.807) is 10.6 Å². The molecule has 2 heterocycles. The molecule has 7 nitrogen and oxygen atoms in total. The van der Waals surface area contributed by atoms with E-state index >= 15 is 0 Å². The highest BCUT2D eigenvalue weighted by molar-refractivity contribution is 6.32. The Hall–Kier alpha value is -2.93. The second-order valence-electron chi connectivity index (χ2n) is 6.79. The molecular weight excluding hydrogens is 396 g/mol. The maximum atomic E-state index is 12.1. The SMILES string of the molecule is O=C(CCCn1c(=O)oc2ccccc21)NCCc1cc(Cl)c2c(c1)OCCO2. The average molecular weight is 417 g/mol. The molecule has 3 aromatic rings. The molecule has 0 radical (unpaired) electrons. The average Bonchev–Trinajstić information content (AvgIpc) is 3.03. The molecular formula is C21H21ClN2O5. The molecule has 1 N–H and O–H groups in total. The molecule has 0 atom stereocenters. The van der Waals surface area contributed by atoms with E-state index < -0.39 is 5.76 Å². The van der Waals surface area contributed by atoms with Gasteiger partial charge in [0.15, 0.2) is 17.1 Å². The highest BCUT2D eigenvalue weighted by Crippen LogP contribution is 2.38. The summed E-state index contributed by atoms with van der Waals surface area (Å²) < 4.78 is 17.8. The van der Waals surface area contributed by atoms with Gasteiger partial charge in [-0.15, -0.1) is 0 Å². The number of aryl methyl sites for hydroxylation is 1. The summed E-state index contributed by atoms with van der Waals surface area (Å²) in [6, 6.07) is 11.0. The Balaban J connectivity index is 1.25. The molecule has 0 fully saturated rings. The number of ether oxygens (including phenoxy) is 2. The van der Waals surface area contributed by atoms with Crippen molar-refractivity contribution in [2.45, 2.75) is 25.8 Å². The third-order valence-electron chi connectivity index (χ3n) is 4.75. The summed E-state index contributed by atoms with van der Waals surface area (Å²) in [7, 11) is 0. The van der Waals surface area contributed by atoms with Crippen molar-refractivity contribution < 1.29 is 18.7 Å². The molecule has 0 spiro atoms. The second-order valence-corrected chi connectivity index (χ2v) is 7.20. The minimum atomic E-state index is -0.401. The van der Waals surface area contributed by atoms with Crippen LogP contribution in [0.4, 0.5) is 0 Å². The third-order valence-corrected chi connectivity index (χ3v) is 5.03. The molecule has 29 heavy (non-hydrogen) atoms. The van der Waals surface area contributed by atoms with Gasteiger partial charge < -0.3 is 19.2 Å². The van der Waals surface area contributed by atoms with Crippen LogP contribution in [0.25, 0.3) is 11.1 Å². The quantitative estimate of drug-likeness (QED) is 0.639. The highest BCUT2D eigenvalue weighted by atomic mass is 35.5. The van der Waals surface area contributed by atoms with E-state index in [-0.39, 0.29) is 5.91 Å². The largest absolute Gasteiger partial charge is 0.486 e. The first-order valence-corrected chi connectivity index (χ1v) is 9.93. The minimum Gasteiger partial charge on any atom is -0.486 e. The Labute approximate surface area is 172 Å². The first kappa shape index (κ1) is 19.4. The van der Waals surface area contributed by atoms with Crippen molar-refractivity contribution in [3.8, 4) is 11.5 Å².